The molecule has 2 atom stereocenters. The van der Waals surface area contributed by atoms with Crippen molar-refractivity contribution in [3.05, 3.63) is 66.2 Å². The summed E-state index contributed by atoms with van der Waals surface area (Å²) in [6.07, 6.45) is 0. The highest BCUT2D eigenvalue weighted by atomic mass is 32.2. The molecule has 2 aromatic carbocycles. The lowest BCUT2D eigenvalue weighted by Gasteiger charge is -2.15. The summed E-state index contributed by atoms with van der Waals surface area (Å²) in [5.74, 6) is 0.0107. The maximum Gasteiger partial charge on any atom is 0.234 e. The SMILES string of the molecule is CC(SCC(=O)Nc1ccc(F)cc1)C(=O)NC(C)c1cc2ccccc2o1. The molecule has 0 aliphatic carbocycles. The monoisotopic (exact) mass is 400 g/mol. The zero-order chi connectivity index (χ0) is 20.1. The second-order valence-corrected chi connectivity index (χ2v) is 7.75. The van der Waals surface area contributed by atoms with Crippen molar-refractivity contribution in [3.8, 4) is 0 Å². The molecule has 0 radical (unpaired) electrons. The van der Waals surface area contributed by atoms with Crippen LogP contribution in [0.2, 0.25) is 0 Å². The fourth-order valence-electron chi connectivity index (χ4n) is 2.62. The van der Waals surface area contributed by atoms with Gasteiger partial charge in [-0.25, -0.2) is 4.39 Å². The Bertz CT molecular complexity index is 938. The molecule has 0 aliphatic rings. The van der Waals surface area contributed by atoms with Crippen molar-refractivity contribution in [1.29, 1.82) is 0 Å². The van der Waals surface area contributed by atoms with Gasteiger partial charge in [0, 0.05) is 11.1 Å². The first-order valence-corrected chi connectivity index (χ1v) is 9.93. The van der Waals surface area contributed by atoms with Crippen LogP contribution in [0.25, 0.3) is 11.0 Å². The van der Waals surface area contributed by atoms with Crippen LogP contribution in [0, 0.1) is 5.82 Å². The molecule has 28 heavy (non-hydrogen) atoms. The Hall–Kier alpha value is -2.80. The number of nitrogens with one attached hydrogen (secondary N) is 2. The highest BCUT2D eigenvalue weighted by molar-refractivity contribution is 8.01. The summed E-state index contributed by atoms with van der Waals surface area (Å²) in [5.41, 5.74) is 1.29. The second kappa shape index (κ2) is 8.93. The Morgan fingerprint density at radius 3 is 2.54 bits per heavy atom. The Balaban J connectivity index is 1.48. The lowest BCUT2D eigenvalue weighted by atomic mass is 10.2. The predicted octanol–water partition coefficient (Wildman–Crippen LogP) is 4.51. The Morgan fingerprint density at radius 1 is 1.11 bits per heavy atom. The van der Waals surface area contributed by atoms with E-state index in [9.17, 15) is 14.0 Å². The number of hydrogen-bond acceptors (Lipinski definition) is 4. The molecule has 5 nitrogen and oxygen atoms in total. The number of fused-ring (bicyclic) bond motifs is 1. The number of thioether (sulfide) groups is 1. The van der Waals surface area contributed by atoms with E-state index < -0.39 is 5.25 Å². The van der Waals surface area contributed by atoms with E-state index in [2.05, 4.69) is 10.6 Å². The number of benzene rings is 2. The van der Waals surface area contributed by atoms with Crippen LogP contribution in [0.3, 0.4) is 0 Å². The van der Waals surface area contributed by atoms with Crippen molar-refractivity contribution in [1.82, 2.24) is 5.32 Å². The fourth-order valence-corrected chi connectivity index (χ4v) is 3.32. The molecule has 0 aliphatic heterocycles. The number of para-hydroxylation sites is 1. The molecule has 7 heteroatoms. The van der Waals surface area contributed by atoms with Crippen LogP contribution in [0.15, 0.2) is 59.0 Å². The molecule has 1 heterocycles. The van der Waals surface area contributed by atoms with Gasteiger partial charge in [-0.2, -0.15) is 0 Å². The number of furan rings is 1. The molecule has 1 aromatic heterocycles. The van der Waals surface area contributed by atoms with E-state index in [1.165, 1.54) is 36.0 Å². The molecular weight excluding hydrogens is 379 g/mol. The first kappa shape index (κ1) is 19.9. The summed E-state index contributed by atoms with van der Waals surface area (Å²) in [6, 6.07) is 14.8. The van der Waals surface area contributed by atoms with Gasteiger partial charge in [-0.15, -0.1) is 11.8 Å². The Morgan fingerprint density at radius 2 is 1.82 bits per heavy atom. The maximum absolute atomic E-state index is 12.9. The van der Waals surface area contributed by atoms with E-state index in [0.717, 1.165) is 11.0 Å². The summed E-state index contributed by atoms with van der Waals surface area (Å²) >= 11 is 1.23. The van der Waals surface area contributed by atoms with Gasteiger partial charge in [-0.05, 0) is 50.2 Å². The molecule has 146 valence electrons. The third-order valence-corrected chi connectivity index (χ3v) is 5.33. The summed E-state index contributed by atoms with van der Waals surface area (Å²) < 4.78 is 18.7. The van der Waals surface area contributed by atoms with Crippen LogP contribution in [-0.4, -0.2) is 22.8 Å². The summed E-state index contributed by atoms with van der Waals surface area (Å²) in [5, 5.41) is 6.15. The van der Waals surface area contributed by atoms with Crippen molar-refractivity contribution in [2.45, 2.75) is 25.1 Å². The molecule has 3 rings (SSSR count). The van der Waals surface area contributed by atoms with Crippen LogP contribution in [0.1, 0.15) is 25.6 Å². The molecular formula is C21H21FN2O3S. The van der Waals surface area contributed by atoms with Crippen molar-refractivity contribution >= 4 is 40.2 Å². The quantitative estimate of drug-likeness (QED) is 0.612. The van der Waals surface area contributed by atoms with Crippen molar-refractivity contribution in [2.24, 2.45) is 0 Å². The number of anilines is 1. The summed E-state index contributed by atoms with van der Waals surface area (Å²) in [6.45, 7) is 3.60. The molecule has 0 saturated heterocycles. The van der Waals surface area contributed by atoms with Crippen LogP contribution in [0.5, 0.6) is 0 Å². The zero-order valence-corrected chi connectivity index (χ0v) is 16.4. The molecule has 2 unspecified atom stereocenters. The third-order valence-electron chi connectivity index (χ3n) is 4.19. The molecule has 0 fully saturated rings. The molecule has 2 amide bonds. The number of hydrogen-bond donors (Lipinski definition) is 2. The number of rotatable bonds is 7. The number of halogens is 1. The largest absolute Gasteiger partial charge is 0.459 e. The normalized spacial score (nSPS) is 13.1. The smallest absolute Gasteiger partial charge is 0.234 e. The topological polar surface area (TPSA) is 71.3 Å². The third kappa shape index (κ3) is 5.13. The van der Waals surface area contributed by atoms with Gasteiger partial charge < -0.3 is 15.1 Å². The van der Waals surface area contributed by atoms with Gasteiger partial charge in [0.1, 0.15) is 17.2 Å². The van der Waals surface area contributed by atoms with Gasteiger partial charge in [-0.1, -0.05) is 18.2 Å². The Labute approximate surface area is 166 Å². The minimum absolute atomic E-state index is 0.116. The van der Waals surface area contributed by atoms with Crippen LogP contribution >= 0.6 is 11.8 Å². The van der Waals surface area contributed by atoms with Gasteiger partial charge >= 0.3 is 0 Å². The van der Waals surface area contributed by atoms with Gasteiger partial charge in [0.05, 0.1) is 17.0 Å². The van der Waals surface area contributed by atoms with Crippen LogP contribution < -0.4 is 10.6 Å². The number of carbonyl (C=O) groups excluding carboxylic acids is 2. The Kier molecular flexibility index (Phi) is 6.36. The lowest BCUT2D eigenvalue weighted by molar-refractivity contribution is -0.121. The molecule has 2 N–H and O–H groups in total. The molecule has 0 saturated carbocycles. The molecule has 0 bridgehead atoms. The van der Waals surface area contributed by atoms with Crippen molar-refractivity contribution in [3.63, 3.8) is 0 Å². The fraction of sp³-hybridized carbons (Fsp3) is 0.238. The van der Waals surface area contributed by atoms with Gasteiger partial charge in [-0.3, -0.25) is 9.59 Å². The van der Waals surface area contributed by atoms with E-state index in [-0.39, 0.29) is 29.4 Å². The van der Waals surface area contributed by atoms with Gasteiger partial charge in [0.2, 0.25) is 11.8 Å². The first-order valence-electron chi connectivity index (χ1n) is 8.88. The minimum atomic E-state index is -0.411. The first-order chi connectivity index (χ1) is 13.4. The lowest BCUT2D eigenvalue weighted by Crippen LogP contribution is -2.33. The summed E-state index contributed by atoms with van der Waals surface area (Å²) in [4.78, 5) is 24.4. The van der Waals surface area contributed by atoms with Crippen LogP contribution in [0.4, 0.5) is 10.1 Å². The highest BCUT2D eigenvalue weighted by Gasteiger charge is 2.20. The minimum Gasteiger partial charge on any atom is -0.459 e. The van der Waals surface area contributed by atoms with Crippen LogP contribution in [-0.2, 0) is 9.59 Å². The molecule has 3 aromatic rings. The van der Waals surface area contributed by atoms with Gasteiger partial charge in [0.15, 0.2) is 0 Å². The zero-order valence-electron chi connectivity index (χ0n) is 15.6. The van der Waals surface area contributed by atoms with Gasteiger partial charge in [0.25, 0.3) is 0 Å². The number of carbonyl (C=O) groups is 2. The van der Waals surface area contributed by atoms with Crippen molar-refractivity contribution in [2.75, 3.05) is 11.1 Å². The molecule has 0 spiro atoms. The second-order valence-electron chi connectivity index (χ2n) is 6.43. The standard InChI is InChI=1S/C21H21FN2O3S/c1-13(19-11-15-5-3-4-6-18(15)27-19)23-21(26)14(2)28-12-20(25)24-17-9-7-16(22)8-10-17/h3-11,13-14H,12H2,1-2H3,(H,23,26)(H,24,25). The van der Waals surface area contributed by atoms with E-state index in [1.54, 1.807) is 6.92 Å². The van der Waals surface area contributed by atoms with E-state index in [1.807, 2.05) is 37.3 Å². The average molecular weight is 400 g/mol. The van der Waals surface area contributed by atoms with E-state index >= 15 is 0 Å². The summed E-state index contributed by atoms with van der Waals surface area (Å²) in [7, 11) is 0. The maximum atomic E-state index is 12.9. The van der Waals surface area contributed by atoms with E-state index in [0.29, 0.717) is 11.4 Å². The van der Waals surface area contributed by atoms with Crippen molar-refractivity contribution < 1.29 is 18.4 Å². The highest BCUT2D eigenvalue weighted by Crippen LogP contribution is 2.24. The predicted molar refractivity (Wildman–Crippen MR) is 110 cm³/mol. The number of amides is 2. The van der Waals surface area contributed by atoms with E-state index in [4.69, 9.17) is 4.42 Å². The average Bonchev–Trinajstić information content (AvgIpc) is 3.12.